The number of aryl methyl sites for hydroxylation is 1. The molecule has 0 saturated heterocycles. The number of benzene rings is 1. The predicted octanol–water partition coefficient (Wildman–Crippen LogP) is 2.24. The van der Waals surface area contributed by atoms with E-state index in [2.05, 4.69) is 15.1 Å². The molecule has 7 heteroatoms. The molecule has 1 aromatic carbocycles. The smallest absolute Gasteiger partial charge is 0.383 e. The first-order chi connectivity index (χ1) is 11.1. The first kappa shape index (κ1) is 14.8. The normalized spacial score (nSPS) is 10.7. The van der Waals surface area contributed by atoms with Gasteiger partial charge in [0.1, 0.15) is 5.75 Å². The molecule has 0 radical (unpaired) electrons. The van der Waals surface area contributed by atoms with E-state index in [-0.39, 0.29) is 11.6 Å². The van der Waals surface area contributed by atoms with Gasteiger partial charge in [0.05, 0.1) is 0 Å². The van der Waals surface area contributed by atoms with Crippen LogP contribution in [0.3, 0.4) is 0 Å². The Balaban J connectivity index is 1.80. The number of Topliss-reactive ketones (excluding diaryl/α,β-unsaturated/α-hetero) is 1. The Labute approximate surface area is 131 Å². The molecule has 0 atom stereocenters. The second kappa shape index (κ2) is 5.96. The Hall–Kier alpha value is -3.09. The molecule has 0 N–H and O–H groups in total. The van der Waals surface area contributed by atoms with Crippen molar-refractivity contribution in [2.45, 2.75) is 20.3 Å². The summed E-state index contributed by atoms with van der Waals surface area (Å²) < 4.78 is 6.69. The van der Waals surface area contributed by atoms with Gasteiger partial charge in [-0.15, -0.1) is 5.10 Å². The molecule has 0 fully saturated rings. The number of carbonyl (C=O) groups is 2. The number of hydrogen-bond acceptors (Lipinski definition) is 6. The molecular formula is C16H14N4O3. The third-order valence-electron chi connectivity index (χ3n) is 3.32. The number of aromatic nitrogens is 4. The molecule has 0 saturated carbocycles. The summed E-state index contributed by atoms with van der Waals surface area (Å²) in [6, 6.07) is 8.15. The van der Waals surface area contributed by atoms with Crippen LogP contribution in [0.4, 0.5) is 0 Å². The van der Waals surface area contributed by atoms with Crippen LogP contribution in [0.1, 0.15) is 40.0 Å². The summed E-state index contributed by atoms with van der Waals surface area (Å²) in [5.74, 6) is -0.0524. The van der Waals surface area contributed by atoms with Gasteiger partial charge >= 0.3 is 5.97 Å². The van der Waals surface area contributed by atoms with Crippen molar-refractivity contribution < 1.29 is 14.3 Å². The molecule has 0 bridgehead atoms. The molecule has 3 aromatic rings. The van der Waals surface area contributed by atoms with Crippen LogP contribution in [-0.4, -0.2) is 31.3 Å². The summed E-state index contributed by atoms with van der Waals surface area (Å²) in [6.45, 7) is 3.63. The summed E-state index contributed by atoms with van der Waals surface area (Å²) in [5.41, 5.74) is 1.39. The quantitative estimate of drug-likeness (QED) is 0.417. The fraction of sp³-hybridized carbons (Fsp3) is 0.188. The molecule has 3 rings (SSSR count). The molecule has 0 amide bonds. The minimum absolute atomic E-state index is 0.0337. The molecule has 0 spiro atoms. The van der Waals surface area contributed by atoms with Crippen LogP contribution in [0.5, 0.6) is 5.75 Å². The lowest BCUT2D eigenvalue weighted by Crippen LogP contribution is -2.11. The first-order valence-electron chi connectivity index (χ1n) is 7.12. The number of carbonyl (C=O) groups excluding carboxylic acids is 2. The standard InChI is InChI=1S/C16H14N4O3/c1-3-13(21)11-4-6-12(7-5-11)23-15(22)14-18-16-17-9-8-10(2)20(16)19-14/h4-9H,3H2,1-2H3. The van der Waals surface area contributed by atoms with E-state index in [0.29, 0.717) is 23.5 Å². The van der Waals surface area contributed by atoms with E-state index >= 15 is 0 Å². The zero-order valence-electron chi connectivity index (χ0n) is 12.7. The SMILES string of the molecule is CCC(=O)c1ccc(OC(=O)c2nc3nccc(C)n3n2)cc1. The number of esters is 1. The van der Waals surface area contributed by atoms with Crippen LogP contribution in [0, 0.1) is 6.92 Å². The Morgan fingerprint density at radius 2 is 1.91 bits per heavy atom. The van der Waals surface area contributed by atoms with Crippen LogP contribution >= 0.6 is 0 Å². The van der Waals surface area contributed by atoms with Crippen LogP contribution in [-0.2, 0) is 0 Å². The van der Waals surface area contributed by atoms with Crippen molar-refractivity contribution in [3.63, 3.8) is 0 Å². The van der Waals surface area contributed by atoms with E-state index in [4.69, 9.17) is 4.74 Å². The van der Waals surface area contributed by atoms with E-state index in [1.165, 1.54) is 4.52 Å². The highest BCUT2D eigenvalue weighted by Gasteiger charge is 2.17. The van der Waals surface area contributed by atoms with Crippen LogP contribution in [0.25, 0.3) is 5.78 Å². The third kappa shape index (κ3) is 2.94. The zero-order valence-corrected chi connectivity index (χ0v) is 12.7. The molecule has 7 nitrogen and oxygen atoms in total. The van der Waals surface area contributed by atoms with E-state index in [0.717, 1.165) is 5.69 Å². The lowest BCUT2D eigenvalue weighted by atomic mass is 10.1. The monoisotopic (exact) mass is 310 g/mol. The third-order valence-corrected chi connectivity index (χ3v) is 3.32. The molecule has 2 aromatic heterocycles. The van der Waals surface area contributed by atoms with Crippen molar-refractivity contribution in [2.75, 3.05) is 0 Å². The van der Waals surface area contributed by atoms with Gasteiger partial charge in [-0.2, -0.15) is 4.98 Å². The van der Waals surface area contributed by atoms with Gasteiger partial charge in [-0.1, -0.05) is 6.92 Å². The van der Waals surface area contributed by atoms with Crippen molar-refractivity contribution in [3.05, 3.63) is 53.6 Å². The summed E-state index contributed by atoms with van der Waals surface area (Å²) >= 11 is 0. The lowest BCUT2D eigenvalue weighted by molar-refractivity contribution is 0.0722. The van der Waals surface area contributed by atoms with Crippen molar-refractivity contribution >= 4 is 17.5 Å². The molecule has 23 heavy (non-hydrogen) atoms. The fourth-order valence-corrected chi connectivity index (χ4v) is 2.06. The van der Waals surface area contributed by atoms with Crippen molar-refractivity contribution in [3.8, 4) is 5.75 Å². The minimum Gasteiger partial charge on any atom is -0.421 e. The minimum atomic E-state index is -0.676. The maximum Gasteiger partial charge on any atom is 0.383 e. The number of hydrogen-bond donors (Lipinski definition) is 0. The maximum absolute atomic E-state index is 12.1. The number of rotatable bonds is 4. The number of nitrogens with zero attached hydrogens (tertiary/aromatic N) is 4. The Morgan fingerprint density at radius 3 is 2.57 bits per heavy atom. The Morgan fingerprint density at radius 1 is 1.17 bits per heavy atom. The first-order valence-corrected chi connectivity index (χ1v) is 7.12. The van der Waals surface area contributed by atoms with Gasteiger partial charge in [-0.05, 0) is 37.3 Å². The van der Waals surface area contributed by atoms with Crippen molar-refractivity contribution in [2.24, 2.45) is 0 Å². The van der Waals surface area contributed by atoms with Crippen LogP contribution < -0.4 is 4.74 Å². The van der Waals surface area contributed by atoms with E-state index in [1.54, 1.807) is 43.5 Å². The van der Waals surface area contributed by atoms with Gasteiger partial charge in [0.15, 0.2) is 5.78 Å². The highest BCUT2D eigenvalue weighted by molar-refractivity contribution is 5.96. The van der Waals surface area contributed by atoms with Gasteiger partial charge in [-0.3, -0.25) is 4.79 Å². The second-order valence-corrected chi connectivity index (χ2v) is 4.92. The number of ketones is 1. The molecule has 0 unspecified atom stereocenters. The Kier molecular flexibility index (Phi) is 3.84. The summed E-state index contributed by atoms with van der Waals surface area (Å²) in [7, 11) is 0. The van der Waals surface area contributed by atoms with Crippen LogP contribution in [0.2, 0.25) is 0 Å². The largest absolute Gasteiger partial charge is 0.421 e. The maximum atomic E-state index is 12.1. The Bertz CT molecular complexity index is 884. The van der Waals surface area contributed by atoms with Crippen molar-refractivity contribution in [1.82, 2.24) is 19.6 Å². The lowest BCUT2D eigenvalue weighted by Gasteiger charge is -2.02. The fourth-order valence-electron chi connectivity index (χ4n) is 2.06. The summed E-state index contributed by atoms with van der Waals surface area (Å²) in [4.78, 5) is 31.8. The molecule has 0 aliphatic rings. The molecule has 116 valence electrons. The van der Waals surface area contributed by atoms with Gasteiger partial charge in [0.25, 0.3) is 11.6 Å². The van der Waals surface area contributed by atoms with Gasteiger partial charge in [-0.25, -0.2) is 14.3 Å². The highest BCUT2D eigenvalue weighted by atomic mass is 16.5. The highest BCUT2D eigenvalue weighted by Crippen LogP contribution is 2.15. The summed E-state index contributed by atoms with van der Waals surface area (Å²) in [6.07, 6.45) is 2.02. The molecular weight excluding hydrogens is 296 g/mol. The van der Waals surface area contributed by atoms with E-state index in [1.807, 2.05) is 6.92 Å². The zero-order chi connectivity index (χ0) is 16.4. The average Bonchev–Trinajstić information content (AvgIpc) is 3.00. The summed E-state index contributed by atoms with van der Waals surface area (Å²) in [5, 5.41) is 4.08. The topological polar surface area (TPSA) is 86.5 Å². The van der Waals surface area contributed by atoms with Gasteiger partial charge in [0.2, 0.25) is 0 Å². The predicted molar refractivity (Wildman–Crippen MR) is 81.5 cm³/mol. The molecule has 0 aliphatic heterocycles. The molecule has 2 heterocycles. The van der Waals surface area contributed by atoms with Crippen molar-refractivity contribution in [1.29, 1.82) is 0 Å². The van der Waals surface area contributed by atoms with Gasteiger partial charge in [0, 0.05) is 23.9 Å². The van der Waals surface area contributed by atoms with Gasteiger partial charge < -0.3 is 4.74 Å². The number of ether oxygens (including phenoxy) is 1. The molecule has 0 aliphatic carbocycles. The van der Waals surface area contributed by atoms with E-state index in [9.17, 15) is 9.59 Å². The van der Waals surface area contributed by atoms with E-state index < -0.39 is 5.97 Å². The van der Waals surface area contributed by atoms with Crippen LogP contribution in [0.15, 0.2) is 36.5 Å². The average molecular weight is 310 g/mol. The second-order valence-electron chi connectivity index (χ2n) is 4.92. The number of fused-ring (bicyclic) bond motifs is 1.